The zero-order valence-corrected chi connectivity index (χ0v) is 8.33. The highest BCUT2D eigenvalue weighted by Crippen LogP contribution is 2.30. The van der Waals surface area contributed by atoms with Crippen LogP contribution < -0.4 is 0 Å². The molecule has 0 aliphatic heterocycles. The fraction of sp³-hybridized carbons (Fsp3) is 0.545. The molecule has 0 saturated heterocycles. The first-order valence-corrected chi connectivity index (χ1v) is 4.45. The third-order valence-electron chi connectivity index (χ3n) is 2.87. The number of hydrogen-bond donors (Lipinski definition) is 0. The van der Waals surface area contributed by atoms with Gasteiger partial charge in [-0.1, -0.05) is 27.7 Å². The Morgan fingerprint density at radius 3 is 2.08 bits per heavy atom. The van der Waals surface area contributed by atoms with Crippen molar-refractivity contribution in [1.82, 2.24) is 4.98 Å². The summed E-state index contributed by atoms with van der Waals surface area (Å²) in [5.41, 5.74) is 1.62. The van der Waals surface area contributed by atoms with Gasteiger partial charge in [0.25, 0.3) is 0 Å². The lowest BCUT2D eigenvalue weighted by atomic mass is 9.76. The quantitative estimate of drug-likeness (QED) is 0.653. The molecular weight excluding hydrogens is 146 g/mol. The Balaban J connectivity index is 2.98. The Morgan fingerprint density at radius 2 is 1.67 bits per heavy atom. The lowest BCUT2D eigenvalue weighted by Crippen LogP contribution is -2.24. The standard InChI is InChI=1S/C11H17N/c1-9(2)11(3,4)10-5-7-12-8-6-10/h5-9H,1-4H3. The molecule has 0 atom stereocenters. The monoisotopic (exact) mass is 163 g/mol. The van der Waals surface area contributed by atoms with Crippen molar-refractivity contribution in [3.8, 4) is 0 Å². The van der Waals surface area contributed by atoms with E-state index in [-0.39, 0.29) is 5.41 Å². The van der Waals surface area contributed by atoms with E-state index in [1.165, 1.54) is 5.56 Å². The van der Waals surface area contributed by atoms with E-state index in [4.69, 9.17) is 0 Å². The largest absolute Gasteiger partial charge is 0.265 e. The summed E-state index contributed by atoms with van der Waals surface area (Å²) in [5.74, 6) is 0.653. The Labute approximate surface area is 74.8 Å². The maximum absolute atomic E-state index is 4.02. The summed E-state index contributed by atoms with van der Waals surface area (Å²) < 4.78 is 0. The van der Waals surface area contributed by atoms with Gasteiger partial charge in [-0.25, -0.2) is 0 Å². The summed E-state index contributed by atoms with van der Waals surface area (Å²) in [7, 11) is 0. The highest BCUT2D eigenvalue weighted by molar-refractivity contribution is 5.20. The van der Waals surface area contributed by atoms with Crippen LogP contribution in [0, 0.1) is 5.92 Å². The molecule has 1 aromatic heterocycles. The van der Waals surface area contributed by atoms with Crippen LogP contribution in [0.4, 0.5) is 0 Å². The highest BCUT2D eigenvalue weighted by atomic mass is 14.6. The van der Waals surface area contributed by atoms with Gasteiger partial charge in [-0.05, 0) is 29.0 Å². The van der Waals surface area contributed by atoms with Gasteiger partial charge in [-0.3, -0.25) is 4.98 Å². The second kappa shape index (κ2) is 3.26. The van der Waals surface area contributed by atoms with Gasteiger partial charge in [0.2, 0.25) is 0 Å². The normalized spacial score (nSPS) is 12.1. The molecule has 1 aromatic rings. The number of pyridine rings is 1. The lowest BCUT2D eigenvalue weighted by Gasteiger charge is -2.29. The second-order valence-electron chi connectivity index (χ2n) is 4.11. The molecular formula is C11H17N. The molecule has 0 aromatic carbocycles. The average molecular weight is 163 g/mol. The fourth-order valence-corrected chi connectivity index (χ4v) is 1.11. The molecule has 0 aliphatic carbocycles. The lowest BCUT2D eigenvalue weighted by molar-refractivity contribution is 0.372. The molecule has 0 fully saturated rings. The number of aromatic nitrogens is 1. The minimum Gasteiger partial charge on any atom is -0.265 e. The van der Waals surface area contributed by atoms with Crippen molar-refractivity contribution >= 4 is 0 Å². The van der Waals surface area contributed by atoms with Crippen LogP contribution in [-0.4, -0.2) is 4.98 Å². The van der Waals surface area contributed by atoms with Crippen LogP contribution in [0.3, 0.4) is 0 Å². The van der Waals surface area contributed by atoms with Gasteiger partial charge < -0.3 is 0 Å². The highest BCUT2D eigenvalue weighted by Gasteiger charge is 2.23. The molecule has 1 nitrogen and oxygen atoms in total. The van der Waals surface area contributed by atoms with Gasteiger partial charge in [-0.2, -0.15) is 0 Å². The third kappa shape index (κ3) is 1.66. The van der Waals surface area contributed by atoms with E-state index in [9.17, 15) is 0 Å². The minimum absolute atomic E-state index is 0.253. The van der Waals surface area contributed by atoms with Gasteiger partial charge in [-0.15, -0.1) is 0 Å². The van der Waals surface area contributed by atoms with Gasteiger partial charge in [0.05, 0.1) is 0 Å². The molecule has 0 saturated carbocycles. The topological polar surface area (TPSA) is 12.9 Å². The molecule has 0 amide bonds. The summed E-state index contributed by atoms with van der Waals surface area (Å²) in [6.45, 7) is 9.04. The van der Waals surface area contributed by atoms with Gasteiger partial charge in [0, 0.05) is 12.4 Å². The van der Waals surface area contributed by atoms with Gasteiger partial charge in [0.1, 0.15) is 0 Å². The minimum atomic E-state index is 0.253. The van der Waals surface area contributed by atoms with E-state index in [1.807, 2.05) is 12.4 Å². The Kier molecular flexibility index (Phi) is 2.51. The van der Waals surface area contributed by atoms with E-state index in [1.54, 1.807) is 0 Å². The molecule has 0 unspecified atom stereocenters. The van der Waals surface area contributed by atoms with Crippen molar-refractivity contribution in [3.63, 3.8) is 0 Å². The average Bonchev–Trinajstić information content (AvgIpc) is 2.06. The molecule has 1 heteroatoms. The van der Waals surface area contributed by atoms with Crippen molar-refractivity contribution in [2.24, 2.45) is 5.92 Å². The molecule has 0 N–H and O–H groups in total. The van der Waals surface area contributed by atoms with Crippen LogP contribution in [0.25, 0.3) is 0 Å². The van der Waals surface area contributed by atoms with Crippen molar-refractivity contribution in [2.75, 3.05) is 0 Å². The summed E-state index contributed by atoms with van der Waals surface area (Å²) in [4.78, 5) is 4.02. The molecule has 0 radical (unpaired) electrons. The SMILES string of the molecule is CC(C)C(C)(C)c1ccncc1. The zero-order valence-electron chi connectivity index (χ0n) is 8.33. The summed E-state index contributed by atoms with van der Waals surface area (Å²) >= 11 is 0. The number of hydrogen-bond acceptors (Lipinski definition) is 1. The van der Waals surface area contributed by atoms with Crippen LogP contribution >= 0.6 is 0 Å². The van der Waals surface area contributed by atoms with Crippen LogP contribution in [0.15, 0.2) is 24.5 Å². The molecule has 0 spiro atoms. The first-order valence-electron chi connectivity index (χ1n) is 4.45. The summed E-state index contributed by atoms with van der Waals surface area (Å²) in [6.07, 6.45) is 3.72. The molecule has 1 rings (SSSR count). The Bertz CT molecular complexity index is 236. The first kappa shape index (κ1) is 9.24. The fourth-order valence-electron chi connectivity index (χ4n) is 1.11. The maximum atomic E-state index is 4.02. The van der Waals surface area contributed by atoms with E-state index in [0.717, 1.165) is 0 Å². The van der Waals surface area contributed by atoms with Crippen molar-refractivity contribution in [1.29, 1.82) is 0 Å². The zero-order chi connectivity index (χ0) is 9.19. The predicted molar refractivity (Wildman–Crippen MR) is 52.1 cm³/mol. The second-order valence-corrected chi connectivity index (χ2v) is 4.11. The first-order chi connectivity index (χ1) is 5.55. The van der Waals surface area contributed by atoms with Gasteiger partial charge in [0.15, 0.2) is 0 Å². The smallest absolute Gasteiger partial charge is 0.0270 e. The summed E-state index contributed by atoms with van der Waals surface area (Å²) in [6, 6.07) is 4.19. The van der Waals surface area contributed by atoms with Crippen molar-refractivity contribution < 1.29 is 0 Å². The molecule has 0 aliphatic rings. The third-order valence-corrected chi connectivity index (χ3v) is 2.87. The predicted octanol–water partition coefficient (Wildman–Crippen LogP) is 3.02. The van der Waals surface area contributed by atoms with Gasteiger partial charge >= 0.3 is 0 Å². The Morgan fingerprint density at radius 1 is 1.17 bits per heavy atom. The molecule has 0 bridgehead atoms. The van der Waals surface area contributed by atoms with E-state index >= 15 is 0 Å². The van der Waals surface area contributed by atoms with E-state index < -0.39 is 0 Å². The van der Waals surface area contributed by atoms with E-state index in [0.29, 0.717) is 5.92 Å². The van der Waals surface area contributed by atoms with Crippen LogP contribution in [0.5, 0.6) is 0 Å². The summed E-state index contributed by atoms with van der Waals surface area (Å²) in [5, 5.41) is 0. The van der Waals surface area contributed by atoms with Crippen molar-refractivity contribution in [2.45, 2.75) is 33.1 Å². The van der Waals surface area contributed by atoms with Crippen LogP contribution in [0.1, 0.15) is 33.3 Å². The number of nitrogens with zero attached hydrogens (tertiary/aromatic N) is 1. The van der Waals surface area contributed by atoms with Crippen molar-refractivity contribution in [3.05, 3.63) is 30.1 Å². The van der Waals surface area contributed by atoms with Crippen LogP contribution in [0.2, 0.25) is 0 Å². The molecule has 66 valence electrons. The van der Waals surface area contributed by atoms with Crippen LogP contribution in [-0.2, 0) is 5.41 Å². The Hall–Kier alpha value is -0.850. The molecule has 12 heavy (non-hydrogen) atoms. The van der Waals surface area contributed by atoms with E-state index in [2.05, 4.69) is 44.8 Å². The molecule has 1 heterocycles. The number of rotatable bonds is 2. The maximum Gasteiger partial charge on any atom is 0.0270 e.